The smallest absolute Gasteiger partial charge is 0.317 e. The van der Waals surface area contributed by atoms with Crippen molar-refractivity contribution in [2.45, 2.75) is 19.4 Å². The van der Waals surface area contributed by atoms with Gasteiger partial charge >= 0.3 is 12.0 Å². The number of benzene rings is 1. The Morgan fingerprint density at radius 2 is 2.10 bits per heavy atom. The van der Waals surface area contributed by atoms with Gasteiger partial charge in [0.1, 0.15) is 5.82 Å². The van der Waals surface area contributed by atoms with Crippen LogP contribution in [0.2, 0.25) is 0 Å². The first-order chi connectivity index (χ1) is 10.0. The van der Waals surface area contributed by atoms with Crippen molar-refractivity contribution in [2.75, 3.05) is 13.1 Å². The van der Waals surface area contributed by atoms with Crippen LogP contribution in [0, 0.1) is 5.82 Å². The van der Waals surface area contributed by atoms with Crippen molar-refractivity contribution in [3.63, 3.8) is 0 Å². The lowest BCUT2D eigenvalue weighted by atomic mass is 10.2. The van der Waals surface area contributed by atoms with Crippen LogP contribution < -0.4 is 5.32 Å². The van der Waals surface area contributed by atoms with Crippen LogP contribution in [0.1, 0.15) is 18.4 Å². The second kappa shape index (κ2) is 8.73. The fourth-order valence-corrected chi connectivity index (χ4v) is 1.75. The Kier molecular flexibility index (Phi) is 6.94. The third-order valence-corrected chi connectivity index (χ3v) is 2.80. The van der Waals surface area contributed by atoms with Gasteiger partial charge in [0.05, 0.1) is 6.54 Å². The molecule has 0 radical (unpaired) electrons. The molecule has 0 saturated heterocycles. The number of rotatable bonds is 8. The summed E-state index contributed by atoms with van der Waals surface area (Å²) in [7, 11) is 0. The van der Waals surface area contributed by atoms with E-state index in [1.165, 1.54) is 11.0 Å². The van der Waals surface area contributed by atoms with Gasteiger partial charge in [0.25, 0.3) is 0 Å². The van der Waals surface area contributed by atoms with Gasteiger partial charge in [-0.2, -0.15) is 0 Å². The maximum Gasteiger partial charge on any atom is 0.317 e. The molecule has 0 aromatic heterocycles. The van der Waals surface area contributed by atoms with Crippen LogP contribution in [-0.4, -0.2) is 35.1 Å². The highest BCUT2D eigenvalue weighted by Crippen LogP contribution is 2.10. The van der Waals surface area contributed by atoms with Gasteiger partial charge in [0.15, 0.2) is 0 Å². The van der Waals surface area contributed by atoms with E-state index in [4.69, 9.17) is 5.11 Å². The zero-order valence-electron chi connectivity index (χ0n) is 11.7. The van der Waals surface area contributed by atoms with Crippen LogP contribution in [0.3, 0.4) is 0 Å². The molecule has 0 aliphatic heterocycles. The van der Waals surface area contributed by atoms with Crippen molar-refractivity contribution < 1.29 is 19.1 Å². The number of carbonyl (C=O) groups is 2. The second-order valence-electron chi connectivity index (χ2n) is 4.49. The zero-order chi connectivity index (χ0) is 15.7. The summed E-state index contributed by atoms with van der Waals surface area (Å²) >= 11 is 0. The van der Waals surface area contributed by atoms with Crippen LogP contribution in [0.15, 0.2) is 36.9 Å². The Morgan fingerprint density at radius 3 is 2.71 bits per heavy atom. The fraction of sp³-hybridized carbons (Fsp3) is 0.333. The van der Waals surface area contributed by atoms with Gasteiger partial charge in [0, 0.05) is 25.1 Å². The molecule has 0 unspecified atom stereocenters. The van der Waals surface area contributed by atoms with Gasteiger partial charge < -0.3 is 15.3 Å². The zero-order valence-corrected chi connectivity index (χ0v) is 11.7. The maximum atomic E-state index is 13.6. The van der Waals surface area contributed by atoms with Crippen molar-refractivity contribution in [3.05, 3.63) is 48.3 Å². The van der Waals surface area contributed by atoms with E-state index in [0.717, 1.165) is 0 Å². The molecule has 6 heteroatoms. The highest BCUT2D eigenvalue weighted by Gasteiger charge is 2.14. The largest absolute Gasteiger partial charge is 0.481 e. The average molecular weight is 294 g/mol. The summed E-state index contributed by atoms with van der Waals surface area (Å²) in [5.41, 5.74) is 0.417. The van der Waals surface area contributed by atoms with Crippen LogP contribution in [-0.2, 0) is 11.3 Å². The van der Waals surface area contributed by atoms with Gasteiger partial charge in [-0.05, 0) is 12.5 Å². The fourth-order valence-electron chi connectivity index (χ4n) is 1.75. The van der Waals surface area contributed by atoms with E-state index in [1.807, 2.05) is 0 Å². The minimum absolute atomic E-state index is 0.00491. The summed E-state index contributed by atoms with van der Waals surface area (Å²) in [6.45, 7) is 4.24. The van der Waals surface area contributed by atoms with Crippen LogP contribution in [0.5, 0.6) is 0 Å². The van der Waals surface area contributed by atoms with Gasteiger partial charge in [-0.1, -0.05) is 24.3 Å². The molecule has 0 aliphatic rings. The summed E-state index contributed by atoms with van der Waals surface area (Å²) < 4.78 is 13.6. The number of nitrogens with one attached hydrogen (secondary N) is 1. The molecule has 0 bridgehead atoms. The Labute approximate surface area is 123 Å². The number of amides is 2. The normalized spacial score (nSPS) is 9.95. The predicted molar refractivity (Wildman–Crippen MR) is 77.3 cm³/mol. The minimum Gasteiger partial charge on any atom is -0.481 e. The van der Waals surface area contributed by atoms with Crippen LogP contribution in [0.25, 0.3) is 0 Å². The maximum absolute atomic E-state index is 13.6. The number of carboxylic acids is 1. The molecule has 1 aromatic rings. The minimum atomic E-state index is -0.904. The van der Waals surface area contributed by atoms with Gasteiger partial charge in [-0.25, -0.2) is 9.18 Å². The molecule has 1 rings (SSSR count). The molecular formula is C15H19FN2O3. The molecule has 1 aromatic carbocycles. The first-order valence-electron chi connectivity index (χ1n) is 6.63. The molecule has 2 amide bonds. The molecule has 0 aliphatic carbocycles. The lowest BCUT2D eigenvalue weighted by Crippen LogP contribution is -2.40. The molecule has 0 heterocycles. The molecular weight excluding hydrogens is 275 g/mol. The van der Waals surface area contributed by atoms with Gasteiger partial charge in [-0.15, -0.1) is 6.58 Å². The molecule has 0 fully saturated rings. The lowest BCUT2D eigenvalue weighted by Gasteiger charge is -2.22. The quantitative estimate of drug-likeness (QED) is 0.571. The van der Waals surface area contributed by atoms with E-state index in [1.54, 1.807) is 24.3 Å². The molecule has 21 heavy (non-hydrogen) atoms. The van der Waals surface area contributed by atoms with E-state index in [2.05, 4.69) is 11.9 Å². The predicted octanol–water partition coefficient (Wildman–Crippen LogP) is 2.39. The van der Waals surface area contributed by atoms with Crippen LogP contribution >= 0.6 is 0 Å². The van der Waals surface area contributed by atoms with Gasteiger partial charge in [-0.3, -0.25) is 4.79 Å². The first-order valence-corrected chi connectivity index (χ1v) is 6.63. The summed E-state index contributed by atoms with van der Waals surface area (Å²) in [5, 5.41) is 11.1. The van der Waals surface area contributed by atoms with E-state index in [9.17, 15) is 14.0 Å². The van der Waals surface area contributed by atoms with E-state index in [-0.39, 0.29) is 37.9 Å². The molecule has 2 N–H and O–H groups in total. The standard InChI is InChI=1S/C15H19FN2O3/c1-2-10-18(11-12-6-3-4-7-13(12)16)15(21)17-9-5-8-14(19)20/h2-4,6-7H,1,5,8-11H2,(H,17,21)(H,19,20). The Bertz CT molecular complexity index is 505. The number of aliphatic carboxylic acids is 1. The third kappa shape index (κ3) is 6.07. The lowest BCUT2D eigenvalue weighted by molar-refractivity contribution is -0.137. The Hall–Kier alpha value is -2.37. The number of carbonyl (C=O) groups excluding carboxylic acids is 1. The van der Waals surface area contributed by atoms with Gasteiger partial charge in [0.2, 0.25) is 0 Å². The molecule has 0 spiro atoms. The topological polar surface area (TPSA) is 69.6 Å². The molecule has 0 atom stereocenters. The highest BCUT2D eigenvalue weighted by molar-refractivity contribution is 5.74. The first kappa shape index (κ1) is 16.7. The van der Waals surface area contributed by atoms with Crippen molar-refractivity contribution in [1.82, 2.24) is 10.2 Å². The summed E-state index contributed by atoms with van der Waals surface area (Å²) in [4.78, 5) is 23.8. The second-order valence-corrected chi connectivity index (χ2v) is 4.49. The number of hydrogen-bond acceptors (Lipinski definition) is 2. The van der Waals surface area contributed by atoms with Crippen LogP contribution in [0.4, 0.5) is 9.18 Å². The van der Waals surface area contributed by atoms with Crippen molar-refractivity contribution >= 4 is 12.0 Å². The van der Waals surface area contributed by atoms with E-state index in [0.29, 0.717) is 12.0 Å². The molecule has 0 saturated carbocycles. The number of halogens is 1. The number of hydrogen-bond donors (Lipinski definition) is 2. The summed E-state index contributed by atoms with van der Waals surface area (Å²) in [6.07, 6.45) is 1.90. The highest BCUT2D eigenvalue weighted by atomic mass is 19.1. The summed E-state index contributed by atoms with van der Waals surface area (Å²) in [6, 6.07) is 5.87. The number of carboxylic acid groups (broad SMARTS) is 1. The molecule has 114 valence electrons. The van der Waals surface area contributed by atoms with E-state index >= 15 is 0 Å². The Morgan fingerprint density at radius 1 is 1.38 bits per heavy atom. The number of urea groups is 1. The third-order valence-electron chi connectivity index (χ3n) is 2.80. The molecule has 5 nitrogen and oxygen atoms in total. The monoisotopic (exact) mass is 294 g/mol. The number of nitrogens with zero attached hydrogens (tertiary/aromatic N) is 1. The van der Waals surface area contributed by atoms with E-state index < -0.39 is 5.97 Å². The van der Waals surface area contributed by atoms with Crippen molar-refractivity contribution in [2.24, 2.45) is 0 Å². The Balaban J connectivity index is 2.55. The summed E-state index contributed by atoms with van der Waals surface area (Å²) in [5.74, 6) is -1.27. The SMILES string of the molecule is C=CCN(Cc1ccccc1F)C(=O)NCCCC(=O)O. The average Bonchev–Trinajstić information content (AvgIpc) is 2.45. The van der Waals surface area contributed by atoms with Crippen molar-refractivity contribution in [1.29, 1.82) is 0 Å². The van der Waals surface area contributed by atoms with Crippen molar-refractivity contribution in [3.8, 4) is 0 Å².